The van der Waals surface area contributed by atoms with E-state index in [0.717, 1.165) is 0 Å². The number of aromatic nitrogens is 2. The number of carboxylic acids is 1. The number of aromatic carboxylic acids is 1. The monoisotopic (exact) mass is 305 g/mol. The predicted octanol–water partition coefficient (Wildman–Crippen LogP) is 2.45. The van der Waals surface area contributed by atoms with E-state index in [9.17, 15) is 14.9 Å². The number of rotatable bonds is 6. The predicted molar refractivity (Wildman–Crippen MR) is 76.8 cm³/mol. The van der Waals surface area contributed by atoms with Gasteiger partial charge >= 0.3 is 11.7 Å². The molecule has 0 aliphatic carbocycles. The minimum Gasteiger partial charge on any atom is -0.476 e. The van der Waals surface area contributed by atoms with Gasteiger partial charge in [0.1, 0.15) is 6.10 Å². The number of aromatic amines is 1. The molecule has 2 rings (SSSR count). The van der Waals surface area contributed by atoms with Crippen molar-refractivity contribution in [1.29, 1.82) is 0 Å². The largest absolute Gasteiger partial charge is 0.476 e. The number of hydrogen-bond donors (Lipinski definition) is 2. The maximum atomic E-state index is 11.2. The number of hydrogen-bond acceptors (Lipinski definition) is 5. The van der Waals surface area contributed by atoms with E-state index in [1.54, 1.807) is 31.5 Å². The Morgan fingerprint density at radius 3 is 2.77 bits per heavy atom. The van der Waals surface area contributed by atoms with Crippen LogP contribution >= 0.6 is 0 Å². The second-order valence-corrected chi connectivity index (χ2v) is 4.57. The number of carboxylic acid groups (broad SMARTS) is 1. The quantitative estimate of drug-likeness (QED) is 0.625. The van der Waals surface area contributed by atoms with Crippen molar-refractivity contribution in [2.75, 3.05) is 6.61 Å². The van der Waals surface area contributed by atoms with Gasteiger partial charge in [-0.15, -0.1) is 0 Å². The third-order valence-electron chi connectivity index (χ3n) is 3.23. The van der Waals surface area contributed by atoms with E-state index < -0.39 is 28.4 Å². The van der Waals surface area contributed by atoms with Gasteiger partial charge in [-0.2, -0.15) is 0 Å². The number of nitrogens with zero attached hydrogens (tertiary/aromatic N) is 2. The second-order valence-electron chi connectivity index (χ2n) is 4.57. The van der Waals surface area contributed by atoms with Gasteiger partial charge in [-0.1, -0.05) is 6.07 Å². The van der Waals surface area contributed by atoms with Crippen molar-refractivity contribution in [3.63, 3.8) is 0 Å². The molecule has 0 fully saturated rings. The fourth-order valence-electron chi connectivity index (χ4n) is 2.29. The van der Waals surface area contributed by atoms with Crippen LogP contribution in [0.1, 0.15) is 40.3 Å². The molecule has 0 aromatic carbocycles. The fraction of sp³-hybridized carbons (Fsp3) is 0.286. The molecular weight excluding hydrogens is 290 g/mol. The lowest BCUT2D eigenvalue weighted by Crippen LogP contribution is -2.09. The molecular formula is C14H15N3O5. The van der Waals surface area contributed by atoms with Crippen LogP contribution in [-0.2, 0) is 4.74 Å². The zero-order valence-corrected chi connectivity index (χ0v) is 12.1. The van der Waals surface area contributed by atoms with Crippen LogP contribution in [0.4, 0.5) is 5.69 Å². The van der Waals surface area contributed by atoms with E-state index in [-0.39, 0.29) is 5.56 Å². The van der Waals surface area contributed by atoms with Gasteiger partial charge in [-0.3, -0.25) is 15.1 Å². The number of nitrogens with one attached hydrogen (secondary N) is 1. The molecule has 2 N–H and O–H groups in total. The van der Waals surface area contributed by atoms with Crippen molar-refractivity contribution < 1.29 is 19.6 Å². The highest BCUT2D eigenvalue weighted by molar-refractivity contribution is 5.91. The lowest BCUT2D eigenvalue weighted by molar-refractivity contribution is -0.385. The molecule has 8 nitrogen and oxygen atoms in total. The first-order valence-electron chi connectivity index (χ1n) is 6.59. The zero-order valence-electron chi connectivity index (χ0n) is 12.1. The first-order valence-corrected chi connectivity index (χ1v) is 6.59. The first-order chi connectivity index (χ1) is 10.5. The van der Waals surface area contributed by atoms with E-state index in [0.29, 0.717) is 17.9 Å². The van der Waals surface area contributed by atoms with Crippen molar-refractivity contribution in [3.8, 4) is 0 Å². The zero-order chi connectivity index (χ0) is 16.3. The first kappa shape index (κ1) is 15.6. The van der Waals surface area contributed by atoms with Gasteiger partial charge in [0.15, 0.2) is 0 Å². The topological polar surface area (TPSA) is 118 Å². The summed E-state index contributed by atoms with van der Waals surface area (Å²) in [5.74, 6) is -1.39. The highest BCUT2D eigenvalue weighted by atomic mass is 16.6. The molecule has 0 saturated carbocycles. The minimum absolute atomic E-state index is 0.240. The molecule has 0 saturated heterocycles. The van der Waals surface area contributed by atoms with Gasteiger partial charge in [0.05, 0.1) is 16.2 Å². The number of H-pyrrole nitrogens is 1. The summed E-state index contributed by atoms with van der Waals surface area (Å²) in [6.45, 7) is 3.64. The number of ether oxygens (including phenoxy) is 1. The number of carbonyl (C=O) groups is 1. The van der Waals surface area contributed by atoms with E-state index >= 15 is 0 Å². The van der Waals surface area contributed by atoms with Crippen molar-refractivity contribution >= 4 is 11.7 Å². The van der Waals surface area contributed by atoms with Gasteiger partial charge in [0.25, 0.3) is 0 Å². The van der Waals surface area contributed by atoms with Crippen LogP contribution in [0.25, 0.3) is 0 Å². The highest BCUT2D eigenvalue weighted by Gasteiger charge is 2.32. The lowest BCUT2D eigenvalue weighted by atomic mass is 10.1. The van der Waals surface area contributed by atoms with Crippen LogP contribution in [-0.4, -0.2) is 32.6 Å². The maximum absolute atomic E-state index is 11.2. The molecule has 2 aromatic heterocycles. The van der Waals surface area contributed by atoms with Crippen LogP contribution in [0.5, 0.6) is 0 Å². The second kappa shape index (κ2) is 6.35. The molecule has 22 heavy (non-hydrogen) atoms. The Balaban J connectivity index is 2.60. The Bertz CT molecular complexity index is 696. The molecule has 0 radical (unpaired) electrons. The van der Waals surface area contributed by atoms with Crippen LogP contribution in [0.2, 0.25) is 0 Å². The maximum Gasteiger partial charge on any atom is 0.359 e. The molecule has 8 heteroatoms. The summed E-state index contributed by atoms with van der Waals surface area (Å²) in [5.41, 5.74) is 0.367. The highest BCUT2D eigenvalue weighted by Crippen LogP contribution is 2.34. The summed E-state index contributed by atoms with van der Waals surface area (Å²) in [6.07, 6.45) is 2.53. The summed E-state index contributed by atoms with van der Waals surface area (Å²) in [6, 6.07) is 3.48. The van der Waals surface area contributed by atoms with Gasteiger partial charge < -0.3 is 14.8 Å². The third kappa shape index (κ3) is 2.82. The molecule has 116 valence electrons. The molecule has 0 aliphatic rings. The average Bonchev–Trinajstić information content (AvgIpc) is 2.83. The molecule has 0 amide bonds. The van der Waals surface area contributed by atoms with Gasteiger partial charge in [0, 0.05) is 24.6 Å². The lowest BCUT2D eigenvalue weighted by Gasteiger charge is -2.16. The number of pyridine rings is 1. The van der Waals surface area contributed by atoms with E-state index in [1.165, 1.54) is 6.92 Å². The van der Waals surface area contributed by atoms with Crippen molar-refractivity contribution in [2.24, 2.45) is 0 Å². The molecule has 0 bridgehead atoms. The fourth-order valence-corrected chi connectivity index (χ4v) is 2.29. The van der Waals surface area contributed by atoms with Crippen LogP contribution in [0, 0.1) is 17.0 Å². The van der Waals surface area contributed by atoms with Gasteiger partial charge in [0.2, 0.25) is 5.69 Å². The Morgan fingerprint density at radius 2 is 2.32 bits per heavy atom. The van der Waals surface area contributed by atoms with Crippen LogP contribution < -0.4 is 0 Å². The van der Waals surface area contributed by atoms with Gasteiger partial charge in [-0.05, 0) is 19.9 Å². The summed E-state index contributed by atoms with van der Waals surface area (Å²) < 4.78 is 5.64. The van der Waals surface area contributed by atoms with Crippen LogP contribution in [0.3, 0.4) is 0 Å². The van der Waals surface area contributed by atoms with Crippen molar-refractivity contribution in [1.82, 2.24) is 9.97 Å². The van der Waals surface area contributed by atoms with Crippen molar-refractivity contribution in [2.45, 2.75) is 20.0 Å². The molecule has 2 heterocycles. The molecule has 0 spiro atoms. The minimum atomic E-state index is -1.39. The third-order valence-corrected chi connectivity index (χ3v) is 3.23. The summed E-state index contributed by atoms with van der Waals surface area (Å²) in [7, 11) is 0. The summed E-state index contributed by atoms with van der Waals surface area (Å²) in [5, 5.41) is 20.3. The molecule has 2 aromatic rings. The van der Waals surface area contributed by atoms with Crippen LogP contribution in [0.15, 0.2) is 24.5 Å². The van der Waals surface area contributed by atoms with E-state index in [4.69, 9.17) is 9.84 Å². The SMILES string of the molecule is CCO[C@@H](c1cccnc1)c1[nH]c(C(=O)O)c([N+](=O)[O-])c1C. The average molecular weight is 305 g/mol. The van der Waals surface area contributed by atoms with Gasteiger partial charge in [-0.25, -0.2) is 4.79 Å². The smallest absolute Gasteiger partial charge is 0.359 e. The Kier molecular flexibility index (Phi) is 4.52. The summed E-state index contributed by atoms with van der Waals surface area (Å²) >= 11 is 0. The Hall–Kier alpha value is -2.74. The Morgan fingerprint density at radius 1 is 1.59 bits per heavy atom. The normalized spacial score (nSPS) is 12.1. The van der Waals surface area contributed by atoms with E-state index in [1.807, 2.05) is 0 Å². The Labute approximate surface area is 125 Å². The molecule has 1 atom stereocenters. The van der Waals surface area contributed by atoms with Crippen molar-refractivity contribution in [3.05, 3.63) is 57.2 Å². The summed E-state index contributed by atoms with van der Waals surface area (Å²) in [4.78, 5) is 28.3. The molecule has 0 aliphatic heterocycles. The molecule has 0 unspecified atom stereocenters. The number of nitro groups is 1. The van der Waals surface area contributed by atoms with E-state index in [2.05, 4.69) is 9.97 Å². The standard InChI is InChI=1S/C14H15N3O5/c1-3-22-13(9-5-4-6-15-7-9)10-8(2)12(17(20)21)11(16-10)14(18)19/h4-7,13,16H,3H2,1-2H3,(H,18,19)/t13-/m0/s1.